The van der Waals surface area contributed by atoms with Crippen LogP contribution >= 0.6 is 0 Å². The zero-order valence-electron chi connectivity index (χ0n) is 16.4. The van der Waals surface area contributed by atoms with E-state index in [1.54, 1.807) is 0 Å². The fraction of sp³-hybridized carbons (Fsp3) is 0.895. The van der Waals surface area contributed by atoms with E-state index in [2.05, 4.69) is 46.9 Å². The van der Waals surface area contributed by atoms with Gasteiger partial charge in [-0.3, -0.25) is 9.59 Å². The van der Waals surface area contributed by atoms with Crippen molar-refractivity contribution >= 4 is 11.9 Å². The number of carbonyl (C=O) groups excluding carboxylic acids is 2. The van der Waals surface area contributed by atoms with Gasteiger partial charge in [0, 0.05) is 13.0 Å². The topological polar surface area (TPSA) is 55.4 Å². The molecule has 0 rings (SSSR count). The molecule has 0 saturated carbocycles. The molecule has 4 heteroatoms. The van der Waals surface area contributed by atoms with Gasteiger partial charge in [-0.25, -0.2) is 0 Å². The molecule has 0 aromatic carbocycles. The molecule has 0 fully saturated rings. The molecule has 23 heavy (non-hydrogen) atoms. The van der Waals surface area contributed by atoms with Crippen molar-refractivity contribution in [2.45, 2.75) is 87.2 Å². The first-order valence-corrected chi connectivity index (χ1v) is 8.79. The summed E-state index contributed by atoms with van der Waals surface area (Å²) in [5.74, 6) is 0.505. The van der Waals surface area contributed by atoms with Gasteiger partial charge in [-0.1, -0.05) is 41.5 Å². The van der Waals surface area contributed by atoms with Crippen LogP contribution in [0.4, 0.5) is 0 Å². The van der Waals surface area contributed by atoms with E-state index in [-0.39, 0.29) is 28.8 Å². The predicted octanol–water partition coefficient (Wildman–Crippen LogP) is 4.32. The number of carbonyl (C=O) groups is 2. The van der Waals surface area contributed by atoms with Crippen molar-refractivity contribution in [3.05, 3.63) is 0 Å². The second-order valence-electron chi connectivity index (χ2n) is 8.93. The van der Waals surface area contributed by atoms with Crippen molar-refractivity contribution in [1.29, 1.82) is 0 Å². The number of hydrogen-bond acceptors (Lipinski definition) is 3. The Bertz CT molecular complexity index is 384. The Balaban J connectivity index is 4.36. The van der Waals surface area contributed by atoms with Gasteiger partial charge in [0.1, 0.15) is 0 Å². The molecule has 0 aromatic rings. The van der Waals surface area contributed by atoms with Crippen molar-refractivity contribution in [2.75, 3.05) is 6.54 Å². The van der Waals surface area contributed by atoms with Crippen molar-refractivity contribution < 1.29 is 14.3 Å². The minimum atomic E-state index is -0.155. The van der Waals surface area contributed by atoms with Crippen LogP contribution in [0.1, 0.15) is 81.1 Å². The predicted molar refractivity (Wildman–Crippen MR) is 95.1 cm³/mol. The Morgan fingerprint density at radius 3 is 2.04 bits per heavy atom. The highest BCUT2D eigenvalue weighted by atomic mass is 16.5. The maximum absolute atomic E-state index is 11.9. The van der Waals surface area contributed by atoms with Gasteiger partial charge in [0.2, 0.25) is 5.91 Å². The van der Waals surface area contributed by atoms with Gasteiger partial charge in [0.25, 0.3) is 0 Å². The SMILES string of the molecule is CC(C)CCC(=O)NCC(C)(C)CC(C)(C)CC(=O)OC(C)C. The molecule has 136 valence electrons. The van der Waals surface area contributed by atoms with E-state index in [4.69, 9.17) is 4.74 Å². The quantitative estimate of drug-likeness (QED) is 0.608. The van der Waals surface area contributed by atoms with Crippen molar-refractivity contribution in [2.24, 2.45) is 16.7 Å². The fourth-order valence-electron chi connectivity index (χ4n) is 2.96. The van der Waals surface area contributed by atoms with Crippen LogP contribution in [0.5, 0.6) is 0 Å². The van der Waals surface area contributed by atoms with Gasteiger partial charge in [0.05, 0.1) is 12.5 Å². The van der Waals surface area contributed by atoms with E-state index < -0.39 is 0 Å². The highest BCUT2D eigenvalue weighted by Gasteiger charge is 2.31. The first kappa shape index (κ1) is 21.9. The molecular weight excluding hydrogens is 290 g/mol. The van der Waals surface area contributed by atoms with Crippen LogP contribution in [0, 0.1) is 16.7 Å². The van der Waals surface area contributed by atoms with E-state index >= 15 is 0 Å². The van der Waals surface area contributed by atoms with Crippen LogP contribution in [0.15, 0.2) is 0 Å². The summed E-state index contributed by atoms with van der Waals surface area (Å²) >= 11 is 0. The summed E-state index contributed by atoms with van der Waals surface area (Å²) in [7, 11) is 0. The van der Waals surface area contributed by atoms with E-state index in [9.17, 15) is 9.59 Å². The van der Waals surface area contributed by atoms with Crippen LogP contribution < -0.4 is 5.32 Å². The Morgan fingerprint density at radius 1 is 1.00 bits per heavy atom. The first-order chi connectivity index (χ1) is 10.3. The molecule has 0 aliphatic rings. The lowest BCUT2D eigenvalue weighted by molar-refractivity contribution is -0.150. The van der Waals surface area contributed by atoms with Gasteiger partial charge in [-0.05, 0) is 43.4 Å². The second-order valence-corrected chi connectivity index (χ2v) is 8.93. The Labute approximate surface area is 142 Å². The number of nitrogens with one attached hydrogen (secondary N) is 1. The smallest absolute Gasteiger partial charge is 0.306 e. The summed E-state index contributed by atoms with van der Waals surface area (Å²) < 4.78 is 5.24. The third-order valence-electron chi connectivity index (χ3n) is 3.66. The third kappa shape index (κ3) is 12.1. The summed E-state index contributed by atoms with van der Waals surface area (Å²) in [5.41, 5.74) is -0.215. The number of ether oxygens (including phenoxy) is 1. The molecule has 0 aromatic heterocycles. The zero-order valence-corrected chi connectivity index (χ0v) is 16.4. The molecule has 0 aliphatic carbocycles. The average Bonchev–Trinajstić information content (AvgIpc) is 2.30. The zero-order chi connectivity index (χ0) is 18.3. The van der Waals surface area contributed by atoms with Gasteiger partial charge < -0.3 is 10.1 Å². The molecule has 1 N–H and O–H groups in total. The standard InChI is InChI=1S/C19H37NO3/c1-14(2)9-10-16(21)20-13-19(7,8)12-18(5,6)11-17(22)23-15(3)4/h14-15H,9-13H2,1-8H3,(H,20,21). The molecule has 4 nitrogen and oxygen atoms in total. The molecule has 0 radical (unpaired) electrons. The van der Waals surface area contributed by atoms with Crippen molar-refractivity contribution in [1.82, 2.24) is 5.32 Å². The Kier molecular flexibility index (Phi) is 8.86. The van der Waals surface area contributed by atoms with Crippen LogP contribution in [-0.4, -0.2) is 24.5 Å². The molecule has 0 spiro atoms. The highest BCUT2D eigenvalue weighted by molar-refractivity contribution is 5.75. The number of esters is 1. The van der Waals surface area contributed by atoms with E-state index in [0.29, 0.717) is 25.3 Å². The normalized spacial score (nSPS) is 12.6. The highest BCUT2D eigenvalue weighted by Crippen LogP contribution is 2.36. The number of rotatable bonds is 10. The number of hydrogen-bond donors (Lipinski definition) is 1. The molecular formula is C19H37NO3. The Hall–Kier alpha value is -1.06. The van der Waals surface area contributed by atoms with Crippen LogP contribution in [0.3, 0.4) is 0 Å². The van der Waals surface area contributed by atoms with Crippen LogP contribution in [-0.2, 0) is 14.3 Å². The van der Waals surface area contributed by atoms with Crippen LogP contribution in [0.2, 0.25) is 0 Å². The maximum Gasteiger partial charge on any atom is 0.306 e. The molecule has 0 aliphatic heterocycles. The van der Waals surface area contributed by atoms with E-state index in [1.165, 1.54) is 0 Å². The lowest BCUT2D eigenvalue weighted by atomic mass is 9.73. The second kappa shape index (κ2) is 9.29. The van der Waals surface area contributed by atoms with Gasteiger partial charge >= 0.3 is 5.97 Å². The lowest BCUT2D eigenvalue weighted by Gasteiger charge is -2.34. The summed E-state index contributed by atoms with van der Waals surface area (Å²) in [6.07, 6.45) is 2.66. The Morgan fingerprint density at radius 2 is 1.57 bits per heavy atom. The molecule has 1 amide bonds. The minimum Gasteiger partial charge on any atom is -0.463 e. The number of amides is 1. The molecule has 0 saturated heterocycles. The largest absolute Gasteiger partial charge is 0.463 e. The van der Waals surface area contributed by atoms with Gasteiger partial charge in [-0.15, -0.1) is 0 Å². The first-order valence-electron chi connectivity index (χ1n) is 8.79. The summed E-state index contributed by atoms with van der Waals surface area (Å²) in [4.78, 5) is 23.8. The average molecular weight is 328 g/mol. The summed E-state index contributed by atoms with van der Waals surface area (Å²) in [6.45, 7) is 17.0. The molecule has 0 atom stereocenters. The summed E-state index contributed by atoms with van der Waals surface area (Å²) in [5, 5.41) is 3.03. The van der Waals surface area contributed by atoms with Gasteiger partial charge in [0.15, 0.2) is 0 Å². The lowest BCUT2D eigenvalue weighted by Crippen LogP contribution is -2.37. The monoisotopic (exact) mass is 327 g/mol. The minimum absolute atomic E-state index is 0.0604. The molecule has 0 unspecified atom stereocenters. The fourth-order valence-corrected chi connectivity index (χ4v) is 2.96. The van der Waals surface area contributed by atoms with E-state index in [0.717, 1.165) is 12.8 Å². The summed E-state index contributed by atoms with van der Waals surface area (Å²) in [6, 6.07) is 0. The van der Waals surface area contributed by atoms with Gasteiger partial charge in [-0.2, -0.15) is 0 Å². The third-order valence-corrected chi connectivity index (χ3v) is 3.66. The molecule has 0 bridgehead atoms. The van der Waals surface area contributed by atoms with Crippen molar-refractivity contribution in [3.8, 4) is 0 Å². The van der Waals surface area contributed by atoms with Crippen LogP contribution in [0.25, 0.3) is 0 Å². The molecule has 0 heterocycles. The van der Waals surface area contributed by atoms with Crippen molar-refractivity contribution in [3.63, 3.8) is 0 Å². The maximum atomic E-state index is 11.9. The van der Waals surface area contributed by atoms with E-state index in [1.807, 2.05) is 13.8 Å².